The van der Waals surface area contributed by atoms with Crippen LogP contribution in [0.1, 0.15) is 17.3 Å². The van der Waals surface area contributed by atoms with Crippen molar-refractivity contribution >= 4 is 11.9 Å². The quantitative estimate of drug-likeness (QED) is 0.839. The molecular weight excluding hydrogens is 250 g/mol. The first-order chi connectivity index (χ1) is 8.99. The average molecular weight is 267 g/mol. The Morgan fingerprint density at radius 3 is 2.53 bits per heavy atom. The van der Waals surface area contributed by atoms with Gasteiger partial charge < -0.3 is 19.5 Å². The van der Waals surface area contributed by atoms with Gasteiger partial charge in [-0.15, -0.1) is 0 Å². The van der Waals surface area contributed by atoms with Crippen molar-refractivity contribution in [2.45, 2.75) is 6.92 Å². The van der Waals surface area contributed by atoms with Crippen molar-refractivity contribution in [2.24, 2.45) is 0 Å². The molecule has 0 fully saturated rings. The van der Waals surface area contributed by atoms with E-state index in [1.165, 1.54) is 30.2 Å². The number of nitrogens with zero attached hydrogens (tertiary/aromatic N) is 1. The first-order valence-corrected chi connectivity index (χ1v) is 5.77. The summed E-state index contributed by atoms with van der Waals surface area (Å²) in [5.74, 6) is -0.632. The SMILES string of the molecule is CCN(C)C(=O)COc1cc(C(=O)O)ccc1OC. The zero-order valence-electron chi connectivity index (χ0n) is 11.2. The third kappa shape index (κ3) is 3.87. The molecule has 0 aliphatic heterocycles. The number of ether oxygens (including phenoxy) is 2. The molecule has 1 aromatic carbocycles. The Hall–Kier alpha value is -2.24. The number of rotatable bonds is 6. The van der Waals surface area contributed by atoms with Crippen LogP contribution in [-0.2, 0) is 4.79 Å². The van der Waals surface area contributed by atoms with Gasteiger partial charge in [-0.2, -0.15) is 0 Å². The van der Waals surface area contributed by atoms with Crippen LogP contribution < -0.4 is 9.47 Å². The van der Waals surface area contributed by atoms with Crippen molar-refractivity contribution in [2.75, 3.05) is 27.3 Å². The molecule has 1 N–H and O–H groups in total. The lowest BCUT2D eigenvalue weighted by atomic mass is 10.2. The molecular formula is C13H17NO5. The Balaban J connectivity index is 2.83. The van der Waals surface area contributed by atoms with Crippen LogP contribution in [0, 0.1) is 0 Å². The monoisotopic (exact) mass is 267 g/mol. The van der Waals surface area contributed by atoms with E-state index in [1.807, 2.05) is 6.92 Å². The van der Waals surface area contributed by atoms with E-state index in [0.717, 1.165) is 0 Å². The fraction of sp³-hybridized carbons (Fsp3) is 0.385. The predicted molar refractivity (Wildman–Crippen MR) is 68.8 cm³/mol. The number of benzene rings is 1. The third-order valence-corrected chi connectivity index (χ3v) is 2.66. The molecule has 1 amide bonds. The van der Waals surface area contributed by atoms with Crippen LogP contribution in [-0.4, -0.2) is 49.2 Å². The second-order valence-corrected chi connectivity index (χ2v) is 3.87. The summed E-state index contributed by atoms with van der Waals surface area (Å²) in [6.45, 7) is 2.27. The smallest absolute Gasteiger partial charge is 0.335 e. The highest BCUT2D eigenvalue weighted by Gasteiger charge is 2.13. The normalized spacial score (nSPS) is 9.84. The summed E-state index contributed by atoms with van der Waals surface area (Å²) in [5, 5.41) is 8.91. The van der Waals surface area contributed by atoms with E-state index in [9.17, 15) is 9.59 Å². The van der Waals surface area contributed by atoms with Gasteiger partial charge in [0.2, 0.25) is 0 Å². The van der Waals surface area contributed by atoms with Crippen LogP contribution in [0.3, 0.4) is 0 Å². The zero-order valence-corrected chi connectivity index (χ0v) is 11.2. The van der Waals surface area contributed by atoms with Crippen molar-refractivity contribution in [3.05, 3.63) is 23.8 Å². The van der Waals surface area contributed by atoms with Crippen LogP contribution in [0.5, 0.6) is 11.5 Å². The lowest BCUT2D eigenvalue weighted by Crippen LogP contribution is -2.31. The molecule has 0 radical (unpaired) electrons. The molecule has 1 rings (SSSR count). The summed E-state index contributed by atoms with van der Waals surface area (Å²) in [6.07, 6.45) is 0. The first-order valence-electron chi connectivity index (χ1n) is 5.77. The van der Waals surface area contributed by atoms with Gasteiger partial charge >= 0.3 is 5.97 Å². The summed E-state index contributed by atoms with van der Waals surface area (Å²) >= 11 is 0. The molecule has 0 aromatic heterocycles. The van der Waals surface area contributed by atoms with E-state index in [2.05, 4.69) is 0 Å². The van der Waals surface area contributed by atoms with Gasteiger partial charge in [-0.25, -0.2) is 4.79 Å². The molecule has 0 saturated carbocycles. The molecule has 6 nitrogen and oxygen atoms in total. The van der Waals surface area contributed by atoms with E-state index in [1.54, 1.807) is 7.05 Å². The third-order valence-electron chi connectivity index (χ3n) is 2.66. The highest BCUT2D eigenvalue weighted by atomic mass is 16.5. The average Bonchev–Trinajstić information content (AvgIpc) is 2.43. The summed E-state index contributed by atoms with van der Waals surface area (Å²) in [4.78, 5) is 24.0. The first kappa shape index (κ1) is 14.8. The van der Waals surface area contributed by atoms with Gasteiger partial charge in [-0.05, 0) is 25.1 Å². The number of carboxylic acids is 1. The minimum Gasteiger partial charge on any atom is -0.493 e. The van der Waals surface area contributed by atoms with Gasteiger partial charge in [0.05, 0.1) is 12.7 Å². The fourth-order valence-corrected chi connectivity index (χ4v) is 1.35. The number of hydrogen-bond acceptors (Lipinski definition) is 4. The Morgan fingerprint density at radius 2 is 2.00 bits per heavy atom. The number of carboxylic acid groups (broad SMARTS) is 1. The van der Waals surface area contributed by atoms with Gasteiger partial charge in [0.25, 0.3) is 5.91 Å². The van der Waals surface area contributed by atoms with Gasteiger partial charge in [-0.3, -0.25) is 4.79 Å². The van der Waals surface area contributed by atoms with Crippen LogP contribution >= 0.6 is 0 Å². The number of carbonyl (C=O) groups is 2. The van der Waals surface area contributed by atoms with E-state index in [-0.39, 0.29) is 23.8 Å². The van der Waals surface area contributed by atoms with Crippen molar-refractivity contribution in [1.29, 1.82) is 0 Å². The molecule has 0 unspecified atom stereocenters. The Kier molecular flexibility index (Phi) is 5.17. The zero-order chi connectivity index (χ0) is 14.4. The van der Waals surface area contributed by atoms with Crippen molar-refractivity contribution < 1.29 is 24.2 Å². The summed E-state index contributed by atoms with van der Waals surface area (Å²) < 4.78 is 10.4. The van der Waals surface area contributed by atoms with Crippen LogP contribution in [0.15, 0.2) is 18.2 Å². The largest absolute Gasteiger partial charge is 0.493 e. The second-order valence-electron chi connectivity index (χ2n) is 3.87. The number of likely N-dealkylation sites (N-methyl/N-ethyl adjacent to an activating group) is 1. The summed E-state index contributed by atoms with van der Waals surface area (Å²) in [6, 6.07) is 4.24. The van der Waals surface area contributed by atoms with Crippen molar-refractivity contribution in [1.82, 2.24) is 4.90 Å². The van der Waals surface area contributed by atoms with Crippen molar-refractivity contribution in [3.63, 3.8) is 0 Å². The number of hydrogen-bond donors (Lipinski definition) is 1. The highest BCUT2D eigenvalue weighted by Crippen LogP contribution is 2.28. The molecule has 1 aromatic rings. The van der Waals surface area contributed by atoms with E-state index in [4.69, 9.17) is 14.6 Å². The lowest BCUT2D eigenvalue weighted by Gasteiger charge is -2.16. The van der Waals surface area contributed by atoms with Gasteiger partial charge in [0.1, 0.15) is 0 Å². The second kappa shape index (κ2) is 6.63. The molecule has 0 heterocycles. The van der Waals surface area contributed by atoms with E-state index < -0.39 is 5.97 Å². The van der Waals surface area contributed by atoms with Gasteiger partial charge in [-0.1, -0.05) is 0 Å². The minimum absolute atomic E-state index is 0.0760. The van der Waals surface area contributed by atoms with Crippen LogP contribution in [0.4, 0.5) is 0 Å². The standard InChI is InChI=1S/C13H17NO5/c1-4-14(2)12(15)8-19-11-7-9(13(16)17)5-6-10(11)18-3/h5-7H,4,8H2,1-3H3,(H,16,17). The molecule has 6 heteroatoms. The molecule has 19 heavy (non-hydrogen) atoms. The topological polar surface area (TPSA) is 76.1 Å². The van der Waals surface area contributed by atoms with Gasteiger partial charge in [0, 0.05) is 13.6 Å². The highest BCUT2D eigenvalue weighted by molar-refractivity contribution is 5.88. The van der Waals surface area contributed by atoms with Crippen molar-refractivity contribution in [3.8, 4) is 11.5 Å². The lowest BCUT2D eigenvalue weighted by molar-refractivity contribution is -0.131. The fourth-order valence-electron chi connectivity index (χ4n) is 1.35. The minimum atomic E-state index is -1.07. The molecule has 0 aliphatic carbocycles. The maximum absolute atomic E-state index is 11.6. The van der Waals surface area contributed by atoms with E-state index >= 15 is 0 Å². The van der Waals surface area contributed by atoms with Crippen LogP contribution in [0.2, 0.25) is 0 Å². The maximum atomic E-state index is 11.6. The Morgan fingerprint density at radius 1 is 1.32 bits per heavy atom. The molecule has 104 valence electrons. The molecule has 0 saturated heterocycles. The molecule has 0 bridgehead atoms. The number of methoxy groups -OCH3 is 1. The number of amides is 1. The summed E-state index contributed by atoms with van der Waals surface area (Å²) in [7, 11) is 3.11. The summed E-state index contributed by atoms with van der Waals surface area (Å²) in [5.41, 5.74) is 0.0760. The maximum Gasteiger partial charge on any atom is 0.335 e. The molecule has 0 atom stereocenters. The van der Waals surface area contributed by atoms with Crippen LogP contribution in [0.25, 0.3) is 0 Å². The van der Waals surface area contributed by atoms with E-state index in [0.29, 0.717) is 12.3 Å². The predicted octanol–water partition coefficient (Wildman–Crippen LogP) is 1.25. The number of carbonyl (C=O) groups excluding carboxylic acids is 1. The Bertz CT molecular complexity index is 472. The van der Waals surface area contributed by atoms with Gasteiger partial charge in [0.15, 0.2) is 18.1 Å². The number of aromatic carboxylic acids is 1. The Labute approximate surface area is 111 Å². The molecule has 0 spiro atoms. The molecule has 0 aliphatic rings.